The zero-order valence-electron chi connectivity index (χ0n) is 8.30. The normalized spacial score (nSPS) is 10.9. The minimum atomic E-state index is -3.29. The SMILES string of the molecule is COCS(=O)(=O)Cc1ccccc1C#N. The average Bonchev–Trinajstić information content (AvgIpc) is 2.17. The minimum Gasteiger partial charge on any atom is -0.369 e. The Balaban J connectivity index is 2.96. The van der Waals surface area contributed by atoms with Crippen molar-refractivity contribution in [3.8, 4) is 6.07 Å². The molecule has 0 aromatic heterocycles. The van der Waals surface area contributed by atoms with E-state index in [4.69, 9.17) is 5.26 Å². The van der Waals surface area contributed by atoms with E-state index in [9.17, 15) is 8.42 Å². The molecule has 0 heterocycles. The van der Waals surface area contributed by atoms with Crippen molar-refractivity contribution in [2.24, 2.45) is 0 Å². The Morgan fingerprint density at radius 2 is 2.07 bits per heavy atom. The molecule has 0 saturated carbocycles. The van der Waals surface area contributed by atoms with E-state index >= 15 is 0 Å². The van der Waals surface area contributed by atoms with Crippen LogP contribution in [0.25, 0.3) is 0 Å². The van der Waals surface area contributed by atoms with Crippen LogP contribution in [0.2, 0.25) is 0 Å². The molecule has 0 unspecified atom stereocenters. The van der Waals surface area contributed by atoms with Crippen LogP contribution >= 0.6 is 0 Å². The van der Waals surface area contributed by atoms with Crippen LogP contribution in [-0.4, -0.2) is 21.5 Å². The first kappa shape index (κ1) is 11.7. The largest absolute Gasteiger partial charge is 0.369 e. The van der Waals surface area contributed by atoms with Crippen molar-refractivity contribution in [1.82, 2.24) is 0 Å². The van der Waals surface area contributed by atoms with Gasteiger partial charge in [-0.15, -0.1) is 0 Å². The maximum atomic E-state index is 11.4. The minimum absolute atomic E-state index is 0.162. The van der Waals surface area contributed by atoms with Gasteiger partial charge in [-0.05, 0) is 11.6 Å². The summed E-state index contributed by atoms with van der Waals surface area (Å²) in [7, 11) is -1.96. The highest BCUT2D eigenvalue weighted by Gasteiger charge is 2.13. The van der Waals surface area contributed by atoms with E-state index in [0.717, 1.165) is 0 Å². The fourth-order valence-electron chi connectivity index (χ4n) is 1.21. The van der Waals surface area contributed by atoms with Crippen molar-refractivity contribution in [2.75, 3.05) is 13.0 Å². The molecule has 0 aliphatic carbocycles. The highest BCUT2D eigenvalue weighted by molar-refractivity contribution is 7.90. The van der Waals surface area contributed by atoms with Crippen LogP contribution in [0.4, 0.5) is 0 Å². The first-order chi connectivity index (χ1) is 7.09. The molecular weight excluding hydrogens is 214 g/mol. The fourth-order valence-corrected chi connectivity index (χ4v) is 2.38. The van der Waals surface area contributed by atoms with Crippen molar-refractivity contribution < 1.29 is 13.2 Å². The Morgan fingerprint density at radius 3 is 2.67 bits per heavy atom. The molecule has 15 heavy (non-hydrogen) atoms. The highest BCUT2D eigenvalue weighted by Crippen LogP contribution is 2.11. The van der Waals surface area contributed by atoms with Gasteiger partial charge in [0, 0.05) is 7.11 Å². The van der Waals surface area contributed by atoms with Crippen LogP contribution in [0.3, 0.4) is 0 Å². The molecule has 0 bridgehead atoms. The smallest absolute Gasteiger partial charge is 0.178 e. The van der Waals surface area contributed by atoms with Gasteiger partial charge in [-0.25, -0.2) is 8.42 Å². The summed E-state index contributed by atoms with van der Waals surface area (Å²) in [6.45, 7) is 0. The molecule has 0 atom stereocenters. The predicted molar refractivity (Wildman–Crippen MR) is 55.7 cm³/mol. The molecule has 0 saturated heterocycles. The quantitative estimate of drug-likeness (QED) is 0.769. The maximum absolute atomic E-state index is 11.4. The number of rotatable bonds is 4. The molecule has 1 aromatic rings. The molecule has 0 radical (unpaired) electrons. The number of nitriles is 1. The van der Waals surface area contributed by atoms with Gasteiger partial charge in [-0.3, -0.25) is 0 Å². The summed E-state index contributed by atoms with van der Waals surface area (Å²) in [6.07, 6.45) is 0. The Hall–Kier alpha value is -1.38. The molecule has 0 fully saturated rings. The average molecular weight is 225 g/mol. The first-order valence-electron chi connectivity index (χ1n) is 4.26. The van der Waals surface area contributed by atoms with Crippen molar-refractivity contribution in [2.45, 2.75) is 5.75 Å². The fraction of sp³-hybridized carbons (Fsp3) is 0.300. The third-order valence-corrected chi connectivity index (χ3v) is 3.16. The van der Waals surface area contributed by atoms with Crippen LogP contribution in [-0.2, 0) is 20.3 Å². The Morgan fingerprint density at radius 1 is 1.40 bits per heavy atom. The molecule has 1 rings (SSSR count). The van der Waals surface area contributed by atoms with Gasteiger partial charge in [0.05, 0.1) is 17.4 Å². The molecule has 80 valence electrons. The number of sulfone groups is 1. The Bertz CT molecular complexity index is 474. The molecule has 0 amide bonds. The van der Waals surface area contributed by atoms with E-state index in [1.165, 1.54) is 7.11 Å². The maximum Gasteiger partial charge on any atom is 0.178 e. The zero-order valence-corrected chi connectivity index (χ0v) is 9.12. The van der Waals surface area contributed by atoms with Crippen LogP contribution in [0.15, 0.2) is 24.3 Å². The molecule has 0 spiro atoms. The van der Waals surface area contributed by atoms with Crippen molar-refractivity contribution >= 4 is 9.84 Å². The second-order valence-corrected chi connectivity index (χ2v) is 5.07. The molecule has 0 aliphatic rings. The standard InChI is InChI=1S/C10H11NO3S/c1-14-8-15(12,13)7-10-5-3-2-4-9(10)6-11/h2-5H,7-8H2,1H3. The van der Waals surface area contributed by atoms with Gasteiger partial charge in [0.1, 0.15) is 5.94 Å². The van der Waals surface area contributed by atoms with E-state index in [-0.39, 0.29) is 11.7 Å². The molecule has 0 aliphatic heterocycles. The molecular formula is C10H11NO3S. The number of methoxy groups -OCH3 is 1. The number of hydrogen-bond acceptors (Lipinski definition) is 4. The molecule has 1 aromatic carbocycles. The number of benzene rings is 1. The summed E-state index contributed by atoms with van der Waals surface area (Å²) < 4.78 is 27.4. The van der Waals surface area contributed by atoms with Gasteiger partial charge in [0.15, 0.2) is 9.84 Å². The van der Waals surface area contributed by atoms with Gasteiger partial charge in [-0.1, -0.05) is 18.2 Å². The lowest BCUT2D eigenvalue weighted by atomic mass is 10.1. The lowest BCUT2D eigenvalue weighted by Crippen LogP contribution is -2.11. The predicted octanol–water partition coefficient (Wildman–Crippen LogP) is 1.08. The van der Waals surface area contributed by atoms with Crippen molar-refractivity contribution in [3.63, 3.8) is 0 Å². The second-order valence-electron chi connectivity index (χ2n) is 3.06. The summed E-state index contributed by atoms with van der Waals surface area (Å²) >= 11 is 0. The Kier molecular flexibility index (Phi) is 3.83. The summed E-state index contributed by atoms with van der Waals surface area (Å²) in [5.74, 6) is -0.489. The lowest BCUT2D eigenvalue weighted by Gasteiger charge is -2.04. The second kappa shape index (κ2) is 4.91. The van der Waals surface area contributed by atoms with Gasteiger partial charge in [0.2, 0.25) is 0 Å². The van der Waals surface area contributed by atoms with Crippen molar-refractivity contribution in [3.05, 3.63) is 35.4 Å². The van der Waals surface area contributed by atoms with E-state index in [1.807, 2.05) is 6.07 Å². The van der Waals surface area contributed by atoms with Gasteiger partial charge >= 0.3 is 0 Å². The summed E-state index contributed by atoms with van der Waals surface area (Å²) in [5.41, 5.74) is 0.897. The van der Waals surface area contributed by atoms with Gasteiger partial charge < -0.3 is 4.74 Å². The molecule has 4 nitrogen and oxygen atoms in total. The topological polar surface area (TPSA) is 67.2 Å². The number of hydrogen-bond donors (Lipinski definition) is 0. The first-order valence-corrected chi connectivity index (χ1v) is 6.08. The third-order valence-electron chi connectivity index (χ3n) is 1.81. The Labute approximate surface area is 89.0 Å². The highest BCUT2D eigenvalue weighted by atomic mass is 32.2. The zero-order chi connectivity index (χ0) is 11.3. The van der Waals surface area contributed by atoms with Crippen LogP contribution in [0.5, 0.6) is 0 Å². The summed E-state index contributed by atoms with van der Waals surface area (Å²) in [4.78, 5) is 0. The van der Waals surface area contributed by atoms with E-state index in [1.54, 1.807) is 24.3 Å². The van der Waals surface area contributed by atoms with Crippen molar-refractivity contribution in [1.29, 1.82) is 5.26 Å². The summed E-state index contributed by atoms with van der Waals surface area (Å²) in [5, 5.41) is 8.77. The monoisotopic (exact) mass is 225 g/mol. The molecule has 0 N–H and O–H groups in total. The molecule has 5 heteroatoms. The van der Waals surface area contributed by atoms with Crippen LogP contribution in [0, 0.1) is 11.3 Å². The van der Waals surface area contributed by atoms with Crippen LogP contribution < -0.4 is 0 Å². The number of ether oxygens (including phenoxy) is 1. The van der Waals surface area contributed by atoms with Gasteiger partial charge in [-0.2, -0.15) is 5.26 Å². The van der Waals surface area contributed by atoms with E-state index in [2.05, 4.69) is 4.74 Å². The van der Waals surface area contributed by atoms with E-state index < -0.39 is 9.84 Å². The van der Waals surface area contributed by atoms with E-state index in [0.29, 0.717) is 11.1 Å². The third kappa shape index (κ3) is 3.35. The summed E-state index contributed by atoms with van der Waals surface area (Å²) in [6, 6.07) is 8.59. The lowest BCUT2D eigenvalue weighted by molar-refractivity contribution is 0.249. The number of nitrogens with zero attached hydrogens (tertiary/aromatic N) is 1. The van der Waals surface area contributed by atoms with Gasteiger partial charge in [0.25, 0.3) is 0 Å². The van der Waals surface area contributed by atoms with Crippen LogP contribution in [0.1, 0.15) is 11.1 Å².